The van der Waals surface area contributed by atoms with E-state index in [9.17, 15) is 4.79 Å². The Morgan fingerprint density at radius 1 is 1.06 bits per heavy atom. The third-order valence-electron chi connectivity index (χ3n) is 4.37. The minimum Gasteiger partial charge on any atom is -0.493 e. The highest BCUT2D eigenvalue weighted by atomic mass is 32.1. The maximum absolute atomic E-state index is 12.4. The molecular formula is C24H28N2O4S. The van der Waals surface area contributed by atoms with Gasteiger partial charge in [-0.15, -0.1) is 11.3 Å². The summed E-state index contributed by atoms with van der Waals surface area (Å²) in [6.07, 6.45) is 1.86. The van der Waals surface area contributed by atoms with E-state index in [4.69, 9.17) is 14.2 Å². The van der Waals surface area contributed by atoms with Crippen molar-refractivity contribution in [1.82, 2.24) is 4.98 Å². The number of carbonyl (C=O) groups is 1. The molecule has 0 saturated carbocycles. The largest absolute Gasteiger partial charge is 0.493 e. The fourth-order valence-electron chi connectivity index (χ4n) is 3.02. The molecule has 31 heavy (non-hydrogen) atoms. The first kappa shape index (κ1) is 22.6. The summed E-state index contributed by atoms with van der Waals surface area (Å²) in [5.41, 5.74) is 3.68. The lowest BCUT2D eigenvalue weighted by molar-refractivity contribution is 0.00695. The van der Waals surface area contributed by atoms with Crippen LogP contribution >= 0.6 is 11.3 Å². The van der Waals surface area contributed by atoms with E-state index < -0.39 is 5.60 Å². The van der Waals surface area contributed by atoms with Gasteiger partial charge in [-0.3, -0.25) is 4.98 Å². The molecule has 0 bridgehead atoms. The van der Waals surface area contributed by atoms with Gasteiger partial charge in [0, 0.05) is 28.5 Å². The average Bonchev–Trinajstić information content (AvgIpc) is 3.24. The summed E-state index contributed by atoms with van der Waals surface area (Å²) in [6.45, 7) is 8.69. The smallest absolute Gasteiger partial charge is 0.338 e. The van der Waals surface area contributed by atoms with Gasteiger partial charge in [0.1, 0.15) is 5.60 Å². The van der Waals surface area contributed by atoms with E-state index in [2.05, 4.69) is 9.88 Å². The van der Waals surface area contributed by atoms with Crippen LogP contribution in [0.4, 0.5) is 11.4 Å². The van der Waals surface area contributed by atoms with Crippen LogP contribution in [-0.2, 0) is 11.3 Å². The molecule has 0 aliphatic carbocycles. The summed E-state index contributed by atoms with van der Waals surface area (Å²) in [5, 5.41) is 0. The van der Waals surface area contributed by atoms with Gasteiger partial charge < -0.3 is 19.1 Å². The Hall–Kier alpha value is -3.06. The van der Waals surface area contributed by atoms with E-state index in [1.807, 2.05) is 69.7 Å². The van der Waals surface area contributed by atoms with Gasteiger partial charge in [0.2, 0.25) is 0 Å². The molecule has 1 heterocycles. The topological polar surface area (TPSA) is 60.9 Å². The predicted octanol–water partition coefficient (Wildman–Crippen LogP) is 5.84. The van der Waals surface area contributed by atoms with Gasteiger partial charge in [-0.1, -0.05) is 0 Å². The fourth-order valence-corrected chi connectivity index (χ4v) is 3.61. The first-order chi connectivity index (χ1) is 14.8. The number of hydrogen-bond donors (Lipinski definition) is 0. The lowest BCUT2D eigenvalue weighted by Gasteiger charge is -2.26. The molecule has 0 amide bonds. The van der Waals surface area contributed by atoms with Gasteiger partial charge in [0.25, 0.3) is 0 Å². The van der Waals surface area contributed by atoms with Crippen molar-refractivity contribution in [2.45, 2.75) is 39.8 Å². The quantitative estimate of drug-likeness (QED) is 0.410. The zero-order valence-electron chi connectivity index (χ0n) is 18.5. The van der Waals surface area contributed by atoms with Crippen molar-refractivity contribution in [1.29, 1.82) is 0 Å². The van der Waals surface area contributed by atoms with E-state index in [1.165, 1.54) is 0 Å². The molecule has 0 N–H and O–H groups in total. The summed E-state index contributed by atoms with van der Waals surface area (Å²) in [7, 11) is 1.63. The maximum atomic E-state index is 12.4. The van der Waals surface area contributed by atoms with Crippen molar-refractivity contribution in [3.63, 3.8) is 0 Å². The van der Waals surface area contributed by atoms with E-state index >= 15 is 0 Å². The van der Waals surface area contributed by atoms with E-state index in [1.54, 1.807) is 30.6 Å². The SMILES string of the molecule is CCOc1cc(N(Cc2cncs2)c2ccc(C(=O)OC(C)(C)C)cc2)ccc1OC. The Balaban J connectivity index is 1.95. The molecule has 6 nitrogen and oxygen atoms in total. The van der Waals surface area contributed by atoms with Crippen molar-refractivity contribution in [2.75, 3.05) is 18.6 Å². The Morgan fingerprint density at radius 2 is 1.77 bits per heavy atom. The predicted molar refractivity (Wildman–Crippen MR) is 124 cm³/mol. The minimum atomic E-state index is -0.535. The molecule has 0 atom stereocenters. The Kier molecular flexibility index (Phi) is 7.17. The zero-order valence-corrected chi connectivity index (χ0v) is 19.4. The fraction of sp³-hybridized carbons (Fsp3) is 0.333. The number of rotatable bonds is 8. The molecule has 0 spiro atoms. The Labute approximate surface area is 187 Å². The van der Waals surface area contributed by atoms with Crippen LogP contribution in [0.1, 0.15) is 42.9 Å². The normalized spacial score (nSPS) is 11.1. The van der Waals surface area contributed by atoms with Gasteiger partial charge >= 0.3 is 5.97 Å². The van der Waals surface area contributed by atoms with Crippen LogP contribution < -0.4 is 14.4 Å². The molecule has 2 aromatic carbocycles. The molecule has 0 fully saturated rings. The first-order valence-corrected chi connectivity index (χ1v) is 11.0. The molecule has 1 aromatic heterocycles. The average molecular weight is 441 g/mol. The van der Waals surface area contributed by atoms with Crippen molar-refractivity contribution in [2.24, 2.45) is 0 Å². The van der Waals surface area contributed by atoms with Gasteiger partial charge in [0.15, 0.2) is 11.5 Å². The van der Waals surface area contributed by atoms with Crippen LogP contribution in [0.25, 0.3) is 0 Å². The van der Waals surface area contributed by atoms with Gasteiger partial charge in [0.05, 0.1) is 31.3 Å². The first-order valence-electron chi connectivity index (χ1n) is 10.1. The maximum Gasteiger partial charge on any atom is 0.338 e. The number of esters is 1. The highest BCUT2D eigenvalue weighted by Crippen LogP contribution is 2.36. The molecular weight excluding hydrogens is 412 g/mol. The van der Waals surface area contributed by atoms with Gasteiger partial charge in [-0.2, -0.15) is 0 Å². The number of thiazole rings is 1. The van der Waals surface area contributed by atoms with Crippen molar-refractivity contribution >= 4 is 28.7 Å². The minimum absolute atomic E-state index is 0.337. The van der Waals surface area contributed by atoms with Gasteiger partial charge in [-0.25, -0.2) is 4.79 Å². The van der Waals surface area contributed by atoms with Crippen molar-refractivity contribution in [3.05, 3.63) is 64.6 Å². The third kappa shape index (κ3) is 5.98. The number of ether oxygens (including phenoxy) is 3. The number of nitrogens with zero attached hydrogens (tertiary/aromatic N) is 2. The lowest BCUT2D eigenvalue weighted by Crippen LogP contribution is -2.24. The standard InChI is InChI=1S/C24H28N2O4S/c1-6-29-22-13-19(11-12-21(22)28-5)26(15-20-14-25-16-31-20)18-9-7-17(8-10-18)23(27)30-24(2,3)4/h7-14,16H,6,15H2,1-5H3. The number of methoxy groups -OCH3 is 1. The van der Waals surface area contributed by atoms with Crippen LogP contribution in [0.15, 0.2) is 54.2 Å². The lowest BCUT2D eigenvalue weighted by atomic mass is 10.1. The number of hydrogen-bond acceptors (Lipinski definition) is 7. The summed E-state index contributed by atoms with van der Waals surface area (Å²) >= 11 is 1.59. The highest BCUT2D eigenvalue weighted by Gasteiger charge is 2.19. The summed E-state index contributed by atoms with van der Waals surface area (Å²) in [4.78, 5) is 19.8. The number of carbonyl (C=O) groups excluding carboxylic acids is 1. The summed E-state index contributed by atoms with van der Waals surface area (Å²) < 4.78 is 16.7. The molecule has 7 heteroatoms. The van der Waals surface area contributed by atoms with Crippen LogP contribution in [0.3, 0.4) is 0 Å². The molecule has 0 aliphatic rings. The monoisotopic (exact) mass is 440 g/mol. The zero-order chi connectivity index (χ0) is 22.4. The van der Waals surface area contributed by atoms with Crippen molar-refractivity contribution in [3.8, 4) is 11.5 Å². The second-order valence-corrected chi connectivity index (χ2v) is 8.84. The molecule has 164 valence electrons. The molecule has 3 aromatic rings. The molecule has 0 unspecified atom stereocenters. The Bertz CT molecular complexity index is 995. The van der Waals surface area contributed by atoms with Crippen LogP contribution in [-0.4, -0.2) is 30.3 Å². The van der Waals surface area contributed by atoms with E-state index in [0.717, 1.165) is 16.3 Å². The summed E-state index contributed by atoms with van der Waals surface area (Å²) in [6, 6.07) is 13.3. The van der Waals surface area contributed by atoms with Crippen molar-refractivity contribution < 1.29 is 19.0 Å². The van der Waals surface area contributed by atoms with E-state index in [-0.39, 0.29) is 5.97 Å². The second kappa shape index (κ2) is 9.83. The molecule has 0 saturated heterocycles. The molecule has 0 aliphatic heterocycles. The number of benzene rings is 2. The van der Waals surface area contributed by atoms with Crippen LogP contribution in [0.5, 0.6) is 11.5 Å². The highest BCUT2D eigenvalue weighted by molar-refractivity contribution is 7.09. The van der Waals surface area contributed by atoms with Crippen LogP contribution in [0, 0.1) is 0 Å². The Morgan fingerprint density at radius 3 is 2.35 bits per heavy atom. The molecule has 0 radical (unpaired) electrons. The van der Waals surface area contributed by atoms with Gasteiger partial charge in [-0.05, 0) is 64.1 Å². The second-order valence-electron chi connectivity index (χ2n) is 7.87. The summed E-state index contributed by atoms with van der Waals surface area (Å²) in [5.74, 6) is 1.03. The third-order valence-corrected chi connectivity index (χ3v) is 5.13. The van der Waals surface area contributed by atoms with Crippen LogP contribution in [0.2, 0.25) is 0 Å². The number of aromatic nitrogens is 1. The molecule has 3 rings (SSSR count). The van der Waals surface area contributed by atoms with E-state index in [0.29, 0.717) is 30.2 Å². The number of anilines is 2.